The molecule has 3 rings (SSSR count). The van der Waals surface area contributed by atoms with Gasteiger partial charge < -0.3 is 14.8 Å². The van der Waals surface area contributed by atoms with Crippen molar-refractivity contribution >= 4 is 29.2 Å². The van der Waals surface area contributed by atoms with Crippen LogP contribution in [0.2, 0.25) is 5.02 Å². The molecule has 0 saturated carbocycles. The van der Waals surface area contributed by atoms with Crippen LogP contribution in [0.4, 0.5) is 5.69 Å². The zero-order valence-electron chi connectivity index (χ0n) is 15.9. The highest BCUT2D eigenvalue weighted by Gasteiger charge is 2.15. The van der Waals surface area contributed by atoms with Crippen molar-refractivity contribution in [3.63, 3.8) is 0 Å². The maximum Gasteiger partial charge on any atom is 0.339 e. The van der Waals surface area contributed by atoms with Crippen LogP contribution in [0.25, 0.3) is 0 Å². The average molecular weight is 410 g/mol. The number of hydrogen-bond donors (Lipinski definition) is 1. The zero-order valence-corrected chi connectivity index (χ0v) is 16.6. The summed E-state index contributed by atoms with van der Waals surface area (Å²) in [6, 6.07) is 21.5. The number of para-hydroxylation sites is 1. The van der Waals surface area contributed by atoms with Crippen molar-refractivity contribution in [2.45, 2.75) is 13.5 Å². The summed E-state index contributed by atoms with van der Waals surface area (Å²) >= 11 is 6.05. The zero-order chi connectivity index (χ0) is 20.6. The summed E-state index contributed by atoms with van der Waals surface area (Å²) in [6.07, 6.45) is 0. The molecule has 29 heavy (non-hydrogen) atoms. The summed E-state index contributed by atoms with van der Waals surface area (Å²) in [4.78, 5) is 24.5. The van der Waals surface area contributed by atoms with Gasteiger partial charge in [0.25, 0.3) is 5.91 Å². The molecule has 0 radical (unpaired) electrons. The van der Waals surface area contributed by atoms with Crippen LogP contribution in [-0.4, -0.2) is 18.5 Å². The summed E-state index contributed by atoms with van der Waals surface area (Å²) in [5, 5.41) is 3.20. The van der Waals surface area contributed by atoms with Gasteiger partial charge in [0.2, 0.25) is 0 Å². The number of amides is 1. The number of ether oxygens (including phenoxy) is 2. The molecule has 1 N–H and O–H groups in total. The highest BCUT2D eigenvalue weighted by Crippen LogP contribution is 2.20. The Morgan fingerprint density at radius 1 is 0.966 bits per heavy atom. The summed E-state index contributed by atoms with van der Waals surface area (Å²) in [6.45, 7) is 1.68. The predicted molar refractivity (Wildman–Crippen MR) is 112 cm³/mol. The van der Waals surface area contributed by atoms with Crippen molar-refractivity contribution in [1.82, 2.24) is 0 Å². The molecule has 0 bridgehead atoms. The van der Waals surface area contributed by atoms with E-state index in [0.717, 1.165) is 5.56 Å². The topological polar surface area (TPSA) is 64.6 Å². The summed E-state index contributed by atoms with van der Waals surface area (Å²) in [5.41, 5.74) is 2.48. The Hall–Kier alpha value is -3.31. The van der Waals surface area contributed by atoms with Crippen molar-refractivity contribution in [2.75, 3.05) is 11.9 Å². The molecule has 0 aliphatic rings. The molecule has 0 aliphatic carbocycles. The molecule has 0 heterocycles. The maximum absolute atomic E-state index is 12.5. The van der Waals surface area contributed by atoms with Crippen LogP contribution in [0, 0.1) is 6.92 Å². The van der Waals surface area contributed by atoms with Gasteiger partial charge >= 0.3 is 5.97 Å². The Labute approximate surface area is 174 Å². The average Bonchev–Trinajstić information content (AvgIpc) is 2.74. The molecule has 148 valence electrons. The fourth-order valence-corrected chi connectivity index (χ4v) is 2.78. The number of carbonyl (C=O) groups excluding carboxylic acids is 2. The number of hydrogen-bond acceptors (Lipinski definition) is 4. The molecular weight excluding hydrogens is 390 g/mol. The minimum Gasteiger partial charge on any atom is -0.489 e. The lowest BCUT2D eigenvalue weighted by Gasteiger charge is -2.11. The third-order valence-corrected chi connectivity index (χ3v) is 4.57. The highest BCUT2D eigenvalue weighted by molar-refractivity contribution is 6.31. The number of esters is 1. The summed E-state index contributed by atoms with van der Waals surface area (Å²) in [5.74, 6) is -0.336. The van der Waals surface area contributed by atoms with Crippen LogP contribution in [0.5, 0.6) is 5.75 Å². The van der Waals surface area contributed by atoms with Crippen LogP contribution in [-0.2, 0) is 16.1 Å². The van der Waals surface area contributed by atoms with Gasteiger partial charge in [0.15, 0.2) is 6.61 Å². The first-order chi connectivity index (χ1) is 14.0. The van der Waals surface area contributed by atoms with E-state index in [9.17, 15) is 9.59 Å². The second-order valence-corrected chi connectivity index (χ2v) is 6.75. The van der Waals surface area contributed by atoms with Gasteiger partial charge in [0, 0.05) is 16.3 Å². The van der Waals surface area contributed by atoms with Crippen LogP contribution in [0.15, 0.2) is 72.8 Å². The van der Waals surface area contributed by atoms with Gasteiger partial charge in [-0.25, -0.2) is 4.79 Å². The predicted octanol–water partition coefficient (Wildman–Crippen LogP) is 5.02. The van der Waals surface area contributed by atoms with Gasteiger partial charge in [-0.1, -0.05) is 54.1 Å². The number of aryl methyl sites for hydroxylation is 1. The minimum atomic E-state index is -0.589. The molecule has 0 spiro atoms. The second-order valence-electron chi connectivity index (χ2n) is 6.35. The molecule has 0 unspecified atom stereocenters. The van der Waals surface area contributed by atoms with Gasteiger partial charge in [-0.3, -0.25) is 4.79 Å². The van der Waals surface area contributed by atoms with Crippen LogP contribution in [0.3, 0.4) is 0 Å². The van der Waals surface area contributed by atoms with Gasteiger partial charge in [0.1, 0.15) is 12.4 Å². The second kappa shape index (κ2) is 9.75. The summed E-state index contributed by atoms with van der Waals surface area (Å²) < 4.78 is 10.9. The fourth-order valence-electron chi connectivity index (χ4n) is 2.60. The highest BCUT2D eigenvalue weighted by atomic mass is 35.5. The maximum atomic E-state index is 12.5. The van der Waals surface area contributed by atoms with Crippen molar-refractivity contribution in [1.29, 1.82) is 0 Å². The smallest absolute Gasteiger partial charge is 0.339 e. The number of anilines is 1. The van der Waals surface area contributed by atoms with E-state index in [2.05, 4.69) is 5.32 Å². The first kappa shape index (κ1) is 20.4. The van der Waals surface area contributed by atoms with E-state index in [1.807, 2.05) is 43.3 Å². The molecule has 3 aromatic carbocycles. The van der Waals surface area contributed by atoms with Gasteiger partial charge in [-0.15, -0.1) is 0 Å². The number of benzene rings is 3. The Bertz CT molecular complexity index is 1000. The number of carbonyl (C=O) groups is 2. The molecule has 5 nitrogen and oxygen atoms in total. The largest absolute Gasteiger partial charge is 0.489 e. The third-order valence-electron chi connectivity index (χ3n) is 4.16. The van der Waals surface area contributed by atoms with E-state index >= 15 is 0 Å². The normalized spacial score (nSPS) is 10.3. The van der Waals surface area contributed by atoms with Crippen molar-refractivity contribution in [2.24, 2.45) is 0 Å². The molecule has 0 atom stereocenters. The molecule has 3 aromatic rings. The quantitative estimate of drug-likeness (QED) is 0.556. The first-order valence-electron chi connectivity index (χ1n) is 9.02. The summed E-state index contributed by atoms with van der Waals surface area (Å²) in [7, 11) is 0. The van der Waals surface area contributed by atoms with Crippen molar-refractivity contribution in [3.8, 4) is 5.75 Å². The molecule has 6 heteroatoms. The van der Waals surface area contributed by atoms with E-state index in [1.165, 1.54) is 0 Å². The molecule has 0 fully saturated rings. The molecular formula is C23H20ClNO4. The fraction of sp³-hybridized carbons (Fsp3) is 0.130. The van der Waals surface area contributed by atoms with Crippen molar-refractivity contribution < 1.29 is 19.1 Å². The van der Waals surface area contributed by atoms with Gasteiger partial charge in [-0.05, 0) is 42.8 Å². The van der Waals surface area contributed by atoms with Crippen LogP contribution >= 0.6 is 11.6 Å². The van der Waals surface area contributed by atoms with Crippen molar-refractivity contribution in [3.05, 3.63) is 94.5 Å². The first-order valence-corrected chi connectivity index (χ1v) is 9.39. The Morgan fingerprint density at radius 2 is 1.69 bits per heavy atom. The lowest BCUT2D eigenvalue weighted by atomic mass is 10.1. The van der Waals surface area contributed by atoms with E-state index in [4.69, 9.17) is 21.1 Å². The number of rotatable bonds is 7. The molecule has 0 saturated heterocycles. The van der Waals surface area contributed by atoms with Crippen LogP contribution in [0.1, 0.15) is 21.5 Å². The Morgan fingerprint density at radius 3 is 2.45 bits per heavy atom. The Balaban J connectivity index is 1.57. The van der Waals surface area contributed by atoms with E-state index in [0.29, 0.717) is 27.6 Å². The van der Waals surface area contributed by atoms with E-state index in [-0.39, 0.29) is 6.61 Å². The molecule has 0 aromatic heterocycles. The van der Waals surface area contributed by atoms with Gasteiger partial charge in [0.05, 0.1) is 5.56 Å². The lowest BCUT2D eigenvalue weighted by Crippen LogP contribution is -2.21. The SMILES string of the molecule is Cc1ccc(NC(=O)COC(=O)c2ccccc2COc2ccccc2)cc1Cl. The van der Waals surface area contributed by atoms with Crippen LogP contribution < -0.4 is 10.1 Å². The van der Waals surface area contributed by atoms with Gasteiger partial charge in [-0.2, -0.15) is 0 Å². The number of nitrogens with one attached hydrogen (secondary N) is 1. The number of halogens is 1. The molecule has 1 amide bonds. The standard InChI is InChI=1S/C23H20ClNO4/c1-16-11-12-18(13-21(16)24)25-22(26)15-29-23(27)20-10-6-5-7-17(20)14-28-19-8-3-2-4-9-19/h2-13H,14-15H2,1H3,(H,25,26). The Kier molecular flexibility index (Phi) is 6.87. The minimum absolute atomic E-state index is 0.212. The monoisotopic (exact) mass is 409 g/mol. The van der Waals surface area contributed by atoms with E-state index < -0.39 is 18.5 Å². The lowest BCUT2D eigenvalue weighted by molar-refractivity contribution is -0.119. The molecule has 0 aliphatic heterocycles. The third kappa shape index (κ3) is 5.83. The van der Waals surface area contributed by atoms with E-state index in [1.54, 1.807) is 36.4 Å².